The van der Waals surface area contributed by atoms with E-state index in [0.29, 0.717) is 0 Å². The van der Waals surface area contributed by atoms with Crippen molar-refractivity contribution in [2.75, 3.05) is 28.2 Å². The van der Waals surface area contributed by atoms with Crippen LogP contribution >= 0.6 is 0 Å². The van der Waals surface area contributed by atoms with Gasteiger partial charge in [-0.15, -0.1) is 0 Å². The van der Waals surface area contributed by atoms with Crippen LogP contribution in [0.4, 0.5) is 0 Å². The van der Waals surface area contributed by atoms with Gasteiger partial charge in [-0.3, -0.25) is 28.8 Å². The summed E-state index contributed by atoms with van der Waals surface area (Å²) in [5, 5.41) is 5.15. The highest BCUT2D eigenvalue weighted by Gasteiger charge is 2.36. The first-order chi connectivity index (χ1) is 15.5. The third-order valence-electron chi connectivity index (χ3n) is 6.65. The Morgan fingerprint density at radius 2 is 0.676 bits per heavy atom. The first-order valence-corrected chi connectivity index (χ1v) is 11.2. The highest BCUT2D eigenvalue weighted by molar-refractivity contribution is 5.97. The number of likely N-dealkylation sites (N-methyl/N-ethyl adjacent to an activating group) is 4. The molecule has 0 saturated carbocycles. The van der Waals surface area contributed by atoms with Gasteiger partial charge in [-0.25, -0.2) is 0 Å². The fraction of sp³-hybridized carbons (Fsp3) is 0.727. The van der Waals surface area contributed by atoms with E-state index in [9.17, 15) is 28.8 Å². The number of hydrogen-bond acceptors (Lipinski definition) is 6. The molecule has 192 valence electrons. The maximum Gasteiger partial charge on any atom is 0.245 e. The lowest BCUT2D eigenvalue weighted by Gasteiger charge is -2.35. The molecule has 6 atom stereocenters. The molecule has 0 radical (unpaired) electrons. The molecule has 34 heavy (non-hydrogen) atoms. The van der Waals surface area contributed by atoms with Crippen LogP contribution in [0.5, 0.6) is 0 Å². The second-order valence-corrected chi connectivity index (χ2v) is 8.96. The molecule has 0 aromatic rings. The molecule has 1 rings (SSSR count). The minimum Gasteiger partial charge on any atom is -0.343 e. The summed E-state index contributed by atoms with van der Waals surface area (Å²) in [6.45, 7) is 9.02. The minimum absolute atomic E-state index is 0.485. The average molecular weight is 483 g/mol. The van der Waals surface area contributed by atoms with Gasteiger partial charge in [0.1, 0.15) is 36.3 Å². The maximum atomic E-state index is 12.9. The molecule has 1 saturated heterocycles. The van der Waals surface area contributed by atoms with Gasteiger partial charge in [-0.2, -0.15) is 0 Å². The van der Waals surface area contributed by atoms with E-state index in [1.807, 2.05) is 0 Å². The predicted octanol–water partition coefficient (Wildman–Crippen LogP) is -1.60. The summed E-state index contributed by atoms with van der Waals surface area (Å²) >= 11 is 0. The molecule has 12 nitrogen and oxygen atoms in total. The van der Waals surface area contributed by atoms with Crippen LogP contribution in [0.25, 0.3) is 0 Å². The van der Waals surface area contributed by atoms with Crippen LogP contribution in [0.15, 0.2) is 0 Å². The Morgan fingerprint density at radius 3 is 0.941 bits per heavy atom. The number of amides is 6. The lowest BCUT2D eigenvalue weighted by molar-refractivity contribution is -0.150. The van der Waals surface area contributed by atoms with Crippen molar-refractivity contribution in [1.82, 2.24) is 30.2 Å². The van der Waals surface area contributed by atoms with E-state index in [1.54, 1.807) is 0 Å². The zero-order chi connectivity index (χ0) is 26.7. The molecule has 0 aromatic carbocycles. The van der Waals surface area contributed by atoms with Crippen molar-refractivity contribution >= 4 is 35.4 Å². The molecule has 1 heterocycles. The molecule has 0 aliphatic carbocycles. The van der Waals surface area contributed by atoms with Crippen LogP contribution in [0.1, 0.15) is 41.5 Å². The lowest BCUT2D eigenvalue weighted by Crippen LogP contribution is -2.60. The van der Waals surface area contributed by atoms with E-state index in [-0.39, 0.29) is 0 Å². The van der Waals surface area contributed by atoms with Crippen LogP contribution in [0.2, 0.25) is 0 Å². The molecule has 1 aliphatic heterocycles. The highest BCUT2D eigenvalue weighted by atomic mass is 16.2. The predicted molar refractivity (Wildman–Crippen MR) is 124 cm³/mol. The van der Waals surface area contributed by atoms with Gasteiger partial charge in [0, 0.05) is 28.2 Å². The molecule has 1 aliphatic rings. The summed E-state index contributed by atoms with van der Waals surface area (Å²) in [6, 6.07) is -5.63. The lowest BCUT2D eigenvalue weighted by atomic mass is 10.1. The van der Waals surface area contributed by atoms with Gasteiger partial charge in [0.15, 0.2) is 0 Å². The van der Waals surface area contributed by atoms with Crippen molar-refractivity contribution in [3.8, 4) is 0 Å². The summed E-state index contributed by atoms with van der Waals surface area (Å²) in [7, 11) is 5.73. The van der Waals surface area contributed by atoms with Gasteiger partial charge < -0.3 is 30.2 Å². The summed E-state index contributed by atoms with van der Waals surface area (Å²) in [5.41, 5.74) is 0. The van der Waals surface area contributed by atoms with Gasteiger partial charge in [0.25, 0.3) is 0 Å². The number of carbonyl (C=O) groups is 6. The second kappa shape index (κ2) is 11.3. The fourth-order valence-corrected chi connectivity index (χ4v) is 3.44. The van der Waals surface area contributed by atoms with Crippen LogP contribution in [0.3, 0.4) is 0 Å². The highest BCUT2D eigenvalue weighted by Crippen LogP contribution is 2.10. The van der Waals surface area contributed by atoms with Crippen LogP contribution in [0, 0.1) is 0 Å². The average Bonchev–Trinajstić information content (AvgIpc) is 2.81. The van der Waals surface area contributed by atoms with Crippen molar-refractivity contribution in [3.05, 3.63) is 0 Å². The zero-order valence-corrected chi connectivity index (χ0v) is 21.7. The van der Waals surface area contributed by atoms with E-state index >= 15 is 0 Å². The Hall–Kier alpha value is -3.18. The molecular weight excluding hydrogens is 444 g/mol. The van der Waals surface area contributed by atoms with E-state index in [2.05, 4.69) is 10.6 Å². The monoisotopic (exact) mass is 482 g/mol. The molecule has 0 bridgehead atoms. The second-order valence-electron chi connectivity index (χ2n) is 8.96. The minimum atomic E-state index is -0.967. The fourth-order valence-electron chi connectivity index (χ4n) is 3.44. The summed E-state index contributed by atoms with van der Waals surface area (Å²) in [5.74, 6) is -3.10. The molecule has 6 amide bonds. The molecule has 1 fully saturated rings. The zero-order valence-electron chi connectivity index (χ0n) is 21.7. The Bertz CT molecular complexity index is 780. The standard InChI is InChI=1S/C22H38N6O6/c1-11-19(31)27(9)15(5)21(33)26(8)14(4)18(30)24-12(2)20(32)28(10)16(6)22(34)25(7)13(3)17(29)23-11/h11-16H,1-10H3,(H,23,29)(H,24,30)/t11-,12-,13-,14+,15-,16-/m0/s1. The first-order valence-electron chi connectivity index (χ1n) is 11.2. The largest absolute Gasteiger partial charge is 0.343 e. The Balaban J connectivity index is 3.37. The van der Waals surface area contributed by atoms with E-state index in [4.69, 9.17) is 0 Å². The third kappa shape index (κ3) is 6.03. The van der Waals surface area contributed by atoms with Gasteiger partial charge in [-0.05, 0) is 41.5 Å². The van der Waals surface area contributed by atoms with Crippen molar-refractivity contribution in [1.29, 1.82) is 0 Å². The van der Waals surface area contributed by atoms with Crippen LogP contribution in [-0.2, 0) is 28.8 Å². The Labute approximate surface area is 201 Å². The number of carbonyl (C=O) groups excluding carboxylic acids is 6. The Kier molecular flexibility index (Phi) is 9.59. The van der Waals surface area contributed by atoms with Gasteiger partial charge in [-0.1, -0.05) is 0 Å². The number of rotatable bonds is 0. The van der Waals surface area contributed by atoms with Gasteiger partial charge >= 0.3 is 0 Å². The van der Waals surface area contributed by atoms with Gasteiger partial charge in [0.2, 0.25) is 35.4 Å². The molecular formula is C22H38N6O6. The normalized spacial score (nSPS) is 31.8. The van der Waals surface area contributed by atoms with E-state index in [1.165, 1.54) is 89.3 Å². The quantitative estimate of drug-likeness (QED) is 0.426. The van der Waals surface area contributed by atoms with Crippen LogP contribution in [-0.4, -0.2) is 119 Å². The summed E-state index contributed by atoms with van der Waals surface area (Å²) in [6.07, 6.45) is 0. The summed E-state index contributed by atoms with van der Waals surface area (Å²) in [4.78, 5) is 81.8. The molecule has 0 spiro atoms. The maximum absolute atomic E-state index is 12.9. The Morgan fingerprint density at radius 1 is 0.441 bits per heavy atom. The SMILES string of the molecule is C[C@@H]1NC(=O)[C@H](C)N(C)C(=O)[C@H](C)N(C)C(=O)[C@H](C)NC(=O)[C@@H](C)N(C)C(=O)[C@H](C)N(C)C1=O. The van der Waals surface area contributed by atoms with Gasteiger partial charge in [0.05, 0.1) is 0 Å². The van der Waals surface area contributed by atoms with Crippen LogP contribution < -0.4 is 10.6 Å². The van der Waals surface area contributed by atoms with E-state index in [0.717, 1.165) is 0 Å². The third-order valence-corrected chi connectivity index (χ3v) is 6.65. The van der Waals surface area contributed by atoms with Crippen molar-refractivity contribution < 1.29 is 28.8 Å². The number of hydrogen-bond donors (Lipinski definition) is 2. The van der Waals surface area contributed by atoms with Crippen molar-refractivity contribution in [3.63, 3.8) is 0 Å². The molecule has 0 aromatic heterocycles. The first kappa shape index (κ1) is 28.9. The van der Waals surface area contributed by atoms with E-state index < -0.39 is 71.7 Å². The smallest absolute Gasteiger partial charge is 0.245 e. The number of nitrogens with one attached hydrogen (secondary N) is 2. The number of nitrogens with zero attached hydrogens (tertiary/aromatic N) is 4. The molecule has 0 unspecified atom stereocenters. The molecule has 2 N–H and O–H groups in total. The molecule has 12 heteroatoms. The summed E-state index contributed by atoms with van der Waals surface area (Å²) < 4.78 is 0. The topological polar surface area (TPSA) is 139 Å². The van der Waals surface area contributed by atoms with Crippen molar-refractivity contribution in [2.45, 2.75) is 77.8 Å². The van der Waals surface area contributed by atoms with Crippen molar-refractivity contribution in [2.24, 2.45) is 0 Å².